The first-order valence-corrected chi connectivity index (χ1v) is 11.9. The first-order valence-electron chi connectivity index (χ1n) is 10.7. The summed E-state index contributed by atoms with van der Waals surface area (Å²) in [5.74, 6) is 1.83. The molecule has 4 aromatic rings. The van der Waals surface area contributed by atoms with Crippen LogP contribution in [0.25, 0.3) is 22.1 Å². The van der Waals surface area contributed by atoms with Gasteiger partial charge in [0, 0.05) is 22.9 Å². The van der Waals surface area contributed by atoms with E-state index in [9.17, 15) is 10.2 Å². The number of imidazole rings is 1. The van der Waals surface area contributed by atoms with Gasteiger partial charge in [-0.1, -0.05) is 18.2 Å². The smallest absolute Gasteiger partial charge is 0.167 e. The van der Waals surface area contributed by atoms with Gasteiger partial charge in [-0.25, -0.2) is 15.0 Å². The molecule has 32 heavy (non-hydrogen) atoms. The van der Waals surface area contributed by atoms with E-state index in [2.05, 4.69) is 44.3 Å². The Hall–Kier alpha value is -2.66. The number of aliphatic hydroxyl groups excluding tert-OH is 2. The maximum absolute atomic E-state index is 10.6. The SMILES string of the molecule is Nc1ncnc2c1ncn2[C@@H]1O[C@H](CSCCCCc2c[nH]c3ccccc23)[C@@H](O)[C@H]1O. The molecule has 3 aromatic heterocycles. The molecule has 4 atom stereocenters. The van der Waals surface area contributed by atoms with Crippen LogP contribution in [0.4, 0.5) is 5.82 Å². The summed E-state index contributed by atoms with van der Waals surface area (Å²) in [6.07, 6.45) is 4.87. The summed E-state index contributed by atoms with van der Waals surface area (Å²) in [5.41, 5.74) is 9.29. The lowest BCUT2D eigenvalue weighted by Gasteiger charge is -2.16. The van der Waals surface area contributed by atoms with E-state index in [1.807, 2.05) is 6.07 Å². The van der Waals surface area contributed by atoms with E-state index in [1.165, 1.54) is 29.1 Å². The molecular weight excluding hydrogens is 428 g/mol. The molecule has 5 N–H and O–H groups in total. The summed E-state index contributed by atoms with van der Waals surface area (Å²) in [4.78, 5) is 15.7. The molecule has 1 aromatic carbocycles. The van der Waals surface area contributed by atoms with Crippen molar-refractivity contribution in [3.8, 4) is 0 Å². The summed E-state index contributed by atoms with van der Waals surface area (Å²) in [7, 11) is 0. The predicted octanol–water partition coefficient (Wildman–Crippen LogP) is 2.27. The van der Waals surface area contributed by atoms with E-state index >= 15 is 0 Å². The topological polar surface area (TPSA) is 135 Å². The Morgan fingerprint density at radius 2 is 2.00 bits per heavy atom. The van der Waals surface area contributed by atoms with E-state index in [4.69, 9.17) is 10.5 Å². The number of hydrogen-bond donors (Lipinski definition) is 4. The second-order valence-electron chi connectivity index (χ2n) is 8.02. The van der Waals surface area contributed by atoms with Crippen LogP contribution in [0.5, 0.6) is 0 Å². The van der Waals surface area contributed by atoms with Gasteiger partial charge in [0.15, 0.2) is 17.7 Å². The van der Waals surface area contributed by atoms with Crippen molar-refractivity contribution < 1.29 is 14.9 Å². The third kappa shape index (κ3) is 3.95. The van der Waals surface area contributed by atoms with Crippen molar-refractivity contribution in [2.45, 2.75) is 43.8 Å². The maximum atomic E-state index is 10.6. The molecule has 9 nitrogen and oxygen atoms in total. The molecule has 168 valence electrons. The first kappa shape index (κ1) is 21.2. The van der Waals surface area contributed by atoms with Crippen LogP contribution in [-0.4, -0.2) is 64.5 Å². The summed E-state index contributed by atoms with van der Waals surface area (Å²) < 4.78 is 7.59. The van der Waals surface area contributed by atoms with Crippen molar-refractivity contribution in [2.24, 2.45) is 0 Å². The predicted molar refractivity (Wildman–Crippen MR) is 124 cm³/mol. The number of aromatic nitrogens is 5. The van der Waals surface area contributed by atoms with Crippen LogP contribution in [0, 0.1) is 0 Å². The molecule has 0 bridgehead atoms. The number of benzene rings is 1. The van der Waals surface area contributed by atoms with Crippen LogP contribution in [0.1, 0.15) is 24.6 Å². The molecule has 0 unspecified atom stereocenters. The van der Waals surface area contributed by atoms with Gasteiger partial charge in [0.25, 0.3) is 0 Å². The van der Waals surface area contributed by atoms with Gasteiger partial charge < -0.3 is 25.7 Å². The van der Waals surface area contributed by atoms with E-state index < -0.39 is 24.5 Å². The number of nitrogen functional groups attached to an aromatic ring is 1. The Labute approximate surface area is 189 Å². The average Bonchev–Trinajstić information content (AvgIpc) is 3.49. The van der Waals surface area contributed by atoms with E-state index in [-0.39, 0.29) is 5.82 Å². The Balaban J connectivity index is 1.11. The molecular formula is C22H26N6O3S. The second kappa shape index (κ2) is 9.07. The van der Waals surface area contributed by atoms with Gasteiger partial charge >= 0.3 is 0 Å². The number of hydrogen-bond acceptors (Lipinski definition) is 8. The Bertz CT molecular complexity index is 1210. The molecule has 0 saturated carbocycles. The van der Waals surface area contributed by atoms with Crippen LogP contribution < -0.4 is 5.73 Å². The lowest BCUT2D eigenvalue weighted by atomic mass is 10.1. The number of aryl methyl sites for hydroxylation is 1. The highest BCUT2D eigenvalue weighted by atomic mass is 32.2. The summed E-state index contributed by atoms with van der Waals surface area (Å²) in [6.45, 7) is 0. The first-order chi connectivity index (χ1) is 15.6. The number of ether oxygens (including phenoxy) is 1. The number of nitrogens with one attached hydrogen (secondary N) is 1. The standard InChI is InChI=1S/C22H26N6O3S/c23-20-17-21(26-11-25-20)28(12-27-17)22-19(30)18(29)16(31-22)10-32-8-4-3-5-13-9-24-15-7-2-1-6-14(13)15/h1-2,6-7,9,11-12,16,18-19,22,24,29-30H,3-5,8,10H2,(H2,23,25,26)/t16-,18-,19-,22-/m1/s1. The second-order valence-corrected chi connectivity index (χ2v) is 9.17. The molecule has 0 aliphatic carbocycles. The van der Waals surface area contributed by atoms with Gasteiger partial charge in [-0.3, -0.25) is 4.57 Å². The molecule has 4 heterocycles. The van der Waals surface area contributed by atoms with Gasteiger partial charge in [-0.15, -0.1) is 0 Å². The van der Waals surface area contributed by atoms with Crippen molar-refractivity contribution in [1.29, 1.82) is 0 Å². The Morgan fingerprint density at radius 3 is 2.91 bits per heavy atom. The number of rotatable bonds is 8. The fraction of sp³-hybridized carbons (Fsp3) is 0.409. The third-order valence-electron chi connectivity index (χ3n) is 5.94. The molecule has 0 spiro atoms. The molecule has 1 aliphatic rings. The number of aromatic amines is 1. The van der Waals surface area contributed by atoms with Crippen LogP contribution in [0.3, 0.4) is 0 Å². The Morgan fingerprint density at radius 1 is 1.12 bits per heavy atom. The summed E-state index contributed by atoms with van der Waals surface area (Å²) in [6, 6.07) is 8.36. The third-order valence-corrected chi connectivity index (χ3v) is 7.08. The zero-order valence-electron chi connectivity index (χ0n) is 17.5. The minimum Gasteiger partial charge on any atom is -0.387 e. The molecule has 1 saturated heterocycles. The zero-order chi connectivity index (χ0) is 22.1. The summed E-state index contributed by atoms with van der Waals surface area (Å²) in [5, 5.41) is 22.3. The number of nitrogens with zero attached hydrogens (tertiary/aromatic N) is 4. The molecule has 10 heteroatoms. The number of fused-ring (bicyclic) bond motifs is 2. The van der Waals surface area contributed by atoms with Gasteiger partial charge in [0.1, 0.15) is 24.1 Å². The minimum absolute atomic E-state index is 0.265. The van der Waals surface area contributed by atoms with E-state index in [1.54, 1.807) is 16.3 Å². The maximum Gasteiger partial charge on any atom is 0.167 e. The molecule has 1 aliphatic heterocycles. The van der Waals surface area contributed by atoms with Gasteiger partial charge in [-0.05, 0) is 36.6 Å². The number of thioether (sulfide) groups is 1. The fourth-order valence-electron chi connectivity index (χ4n) is 4.21. The Kier molecular flexibility index (Phi) is 6.01. The highest BCUT2D eigenvalue weighted by Crippen LogP contribution is 2.33. The van der Waals surface area contributed by atoms with E-state index in [0.29, 0.717) is 16.9 Å². The largest absolute Gasteiger partial charge is 0.387 e. The van der Waals surface area contributed by atoms with Gasteiger partial charge in [-0.2, -0.15) is 11.8 Å². The normalized spacial score (nSPS) is 23.4. The van der Waals surface area contributed by atoms with Gasteiger partial charge in [0.05, 0.1) is 12.4 Å². The number of nitrogens with two attached hydrogens (primary N) is 1. The van der Waals surface area contributed by atoms with Crippen LogP contribution in [0.2, 0.25) is 0 Å². The number of unbranched alkanes of at least 4 members (excludes halogenated alkanes) is 1. The number of anilines is 1. The lowest BCUT2D eigenvalue weighted by Crippen LogP contribution is -2.32. The van der Waals surface area contributed by atoms with Gasteiger partial charge in [0.2, 0.25) is 0 Å². The van der Waals surface area contributed by atoms with Crippen molar-refractivity contribution in [2.75, 3.05) is 17.2 Å². The zero-order valence-corrected chi connectivity index (χ0v) is 18.3. The van der Waals surface area contributed by atoms with E-state index in [0.717, 1.165) is 25.0 Å². The molecule has 0 amide bonds. The summed E-state index contributed by atoms with van der Waals surface area (Å²) >= 11 is 1.73. The van der Waals surface area contributed by atoms with Crippen LogP contribution >= 0.6 is 11.8 Å². The monoisotopic (exact) mass is 454 g/mol. The highest BCUT2D eigenvalue weighted by molar-refractivity contribution is 7.99. The van der Waals surface area contributed by atoms with Crippen molar-refractivity contribution in [3.05, 3.63) is 48.7 Å². The molecule has 1 fully saturated rings. The average molecular weight is 455 g/mol. The number of H-pyrrole nitrogens is 1. The quantitative estimate of drug-likeness (QED) is 0.298. The minimum atomic E-state index is -1.07. The molecule has 0 radical (unpaired) electrons. The van der Waals surface area contributed by atoms with Crippen LogP contribution in [0.15, 0.2) is 43.1 Å². The van der Waals surface area contributed by atoms with Crippen LogP contribution in [-0.2, 0) is 11.2 Å². The molecule has 5 rings (SSSR count). The van der Waals surface area contributed by atoms with Crippen molar-refractivity contribution >= 4 is 39.6 Å². The van der Waals surface area contributed by atoms with Crippen molar-refractivity contribution in [1.82, 2.24) is 24.5 Å². The number of aliphatic hydroxyl groups is 2. The fourth-order valence-corrected chi connectivity index (χ4v) is 5.29. The highest BCUT2D eigenvalue weighted by Gasteiger charge is 2.44. The van der Waals surface area contributed by atoms with Crippen molar-refractivity contribution in [3.63, 3.8) is 0 Å². The number of para-hydroxylation sites is 1. The lowest BCUT2D eigenvalue weighted by molar-refractivity contribution is -0.0289.